The monoisotopic (exact) mass is 260 g/mol. The summed E-state index contributed by atoms with van der Waals surface area (Å²) in [6, 6.07) is 14.2. The fourth-order valence-corrected chi connectivity index (χ4v) is 1.93. The lowest BCUT2D eigenvalue weighted by Gasteiger charge is -2.15. The summed E-state index contributed by atoms with van der Waals surface area (Å²) in [6.45, 7) is 2.01. The fourth-order valence-electron chi connectivity index (χ4n) is 1.76. The number of nitrogens with one attached hydrogen (secondary N) is 1. The van der Waals surface area contributed by atoms with Crippen LogP contribution >= 0.6 is 11.6 Å². The summed E-state index contributed by atoms with van der Waals surface area (Å²) in [5.74, 6) is 0. The number of nitrogens with zero attached hydrogens (tertiary/aromatic N) is 1. The van der Waals surface area contributed by atoms with Crippen LogP contribution in [-0.2, 0) is 0 Å². The molecule has 0 fully saturated rings. The van der Waals surface area contributed by atoms with Gasteiger partial charge in [-0.1, -0.05) is 23.7 Å². The molecular formula is C15H17ClN2. The van der Waals surface area contributed by atoms with E-state index in [2.05, 4.69) is 22.3 Å². The Balaban J connectivity index is 2.28. The van der Waals surface area contributed by atoms with Gasteiger partial charge in [0.25, 0.3) is 0 Å². The highest BCUT2D eigenvalue weighted by Gasteiger charge is 2.03. The standard InChI is InChI=1S/C15H17ClN2/c1-11-14(16)8-5-9-15(11)17-12-6-4-7-13(10-12)18(2)3/h4-10,17H,1-3H3. The number of halogens is 1. The van der Waals surface area contributed by atoms with Crippen LogP contribution in [0.4, 0.5) is 17.1 Å². The van der Waals surface area contributed by atoms with Crippen LogP contribution < -0.4 is 10.2 Å². The van der Waals surface area contributed by atoms with Crippen LogP contribution in [0.5, 0.6) is 0 Å². The average molecular weight is 261 g/mol. The molecule has 0 heterocycles. The van der Waals surface area contributed by atoms with E-state index in [-0.39, 0.29) is 0 Å². The Morgan fingerprint density at radius 2 is 1.78 bits per heavy atom. The summed E-state index contributed by atoms with van der Waals surface area (Å²) in [5.41, 5.74) is 4.33. The molecule has 0 bridgehead atoms. The van der Waals surface area contributed by atoms with Crippen LogP contribution in [0.25, 0.3) is 0 Å². The summed E-state index contributed by atoms with van der Waals surface area (Å²) in [7, 11) is 4.06. The van der Waals surface area contributed by atoms with Crippen molar-refractivity contribution in [2.24, 2.45) is 0 Å². The van der Waals surface area contributed by atoms with E-state index in [1.807, 2.05) is 51.4 Å². The number of rotatable bonds is 3. The molecule has 0 saturated heterocycles. The van der Waals surface area contributed by atoms with Gasteiger partial charge in [-0.3, -0.25) is 0 Å². The quantitative estimate of drug-likeness (QED) is 0.877. The van der Waals surface area contributed by atoms with E-state index in [1.165, 1.54) is 5.69 Å². The van der Waals surface area contributed by atoms with E-state index in [0.717, 1.165) is 22.0 Å². The highest BCUT2D eigenvalue weighted by atomic mass is 35.5. The molecule has 0 aromatic heterocycles. The Morgan fingerprint density at radius 1 is 1.06 bits per heavy atom. The predicted octanol–water partition coefficient (Wildman–Crippen LogP) is 4.46. The van der Waals surface area contributed by atoms with Crippen molar-refractivity contribution >= 4 is 28.7 Å². The third kappa shape index (κ3) is 2.77. The Hall–Kier alpha value is -1.67. The third-order valence-corrected chi connectivity index (χ3v) is 3.32. The van der Waals surface area contributed by atoms with Gasteiger partial charge in [-0.05, 0) is 42.8 Å². The summed E-state index contributed by atoms with van der Waals surface area (Å²) in [6.07, 6.45) is 0. The molecule has 0 aliphatic rings. The molecule has 94 valence electrons. The molecule has 2 aromatic rings. The van der Waals surface area contributed by atoms with Crippen LogP contribution in [0, 0.1) is 6.92 Å². The van der Waals surface area contributed by atoms with Gasteiger partial charge in [-0.15, -0.1) is 0 Å². The number of anilines is 3. The Kier molecular flexibility index (Phi) is 3.78. The van der Waals surface area contributed by atoms with Crippen molar-refractivity contribution in [3.05, 3.63) is 53.1 Å². The predicted molar refractivity (Wildman–Crippen MR) is 80.2 cm³/mol. The molecule has 0 atom stereocenters. The number of hydrogen-bond donors (Lipinski definition) is 1. The second kappa shape index (κ2) is 5.32. The van der Waals surface area contributed by atoms with Gasteiger partial charge in [0.05, 0.1) is 0 Å². The van der Waals surface area contributed by atoms with Crippen molar-refractivity contribution < 1.29 is 0 Å². The molecule has 3 heteroatoms. The largest absolute Gasteiger partial charge is 0.378 e. The zero-order valence-electron chi connectivity index (χ0n) is 10.9. The maximum Gasteiger partial charge on any atom is 0.0455 e. The number of benzene rings is 2. The van der Waals surface area contributed by atoms with E-state index < -0.39 is 0 Å². The zero-order chi connectivity index (χ0) is 13.1. The van der Waals surface area contributed by atoms with Crippen LogP contribution in [0.2, 0.25) is 5.02 Å². The molecule has 18 heavy (non-hydrogen) atoms. The fraction of sp³-hybridized carbons (Fsp3) is 0.200. The lowest BCUT2D eigenvalue weighted by molar-refractivity contribution is 1.13. The molecule has 1 N–H and O–H groups in total. The molecule has 0 unspecified atom stereocenters. The molecule has 0 saturated carbocycles. The smallest absolute Gasteiger partial charge is 0.0455 e. The minimum Gasteiger partial charge on any atom is -0.378 e. The zero-order valence-corrected chi connectivity index (χ0v) is 11.6. The van der Waals surface area contributed by atoms with Crippen molar-refractivity contribution in [3.8, 4) is 0 Å². The maximum atomic E-state index is 6.11. The molecular weight excluding hydrogens is 244 g/mol. The molecule has 0 aliphatic carbocycles. The van der Waals surface area contributed by atoms with E-state index in [9.17, 15) is 0 Å². The SMILES string of the molecule is Cc1c(Cl)cccc1Nc1cccc(N(C)C)c1. The van der Waals surface area contributed by atoms with Crippen molar-refractivity contribution in [3.63, 3.8) is 0 Å². The van der Waals surface area contributed by atoms with Crippen LogP contribution in [-0.4, -0.2) is 14.1 Å². The molecule has 0 radical (unpaired) electrons. The first-order chi connectivity index (χ1) is 8.58. The normalized spacial score (nSPS) is 10.2. The van der Waals surface area contributed by atoms with Gasteiger partial charge in [0.2, 0.25) is 0 Å². The Morgan fingerprint density at radius 3 is 2.50 bits per heavy atom. The van der Waals surface area contributed by atoms with Crippen molar-refractivity contribution in [1.82, 2.24) is 0 Å². The average Bonchev–Trinajstić information content (AvgIpc) is 2.35. The van der Waals surface area contributed by atoms with Crippen molar-refractivity contribution in [2.45, 2.75) is 6.92 Å². The van der Waals surface area contributed by atoms with E-state index in [1.54, 1.807) is 0 Å². The van der Waals surface area contributed by atoms with Gasteiger partial charge in [0, 0.05) is 36.2 Å². The molecule has 2 rings (SSSR count). The van der Waals surface area contributed by atoms with Gasteiger partial charge in [0.15, 0.2) is 0 Å². The molecule has 2 aromatic carbocycles. The van der Waals surface area contributed by atoms with E-state index >= 15 is 0 Å². The second-order valence-electron chi connectivity index (χ2n) is 4.48. The minimum atomic E-state index is 0.781. The van der Waals surface area contributed by atoms with Crippen molar-refractivity contribution in [2.75, 3.05) is 24.3 Å². The van der Waals surface area contributed by atoms with E-state index in [4.69, 9.17) is 11.6 Å². The summed E-state index contributed by atoms with van der Waals surface area (Å²) < 4.78 is 0. The number of hydrogen-bond acceptors (Lipinski definition) is 2. The Bertz CT molecular complexity index is 550. The summed E-state index contributed by atoms with van der Waals surface area (Å²) in [5, 5.41) is 4.18. The van der Waals surface area contributed by atoms with Crippen LogP contribution in [0.15, 0.2) is 42.5 Å². The first kappa shape index (κ1) is 12.8. The van der Waals surface area contributed by atoms with Crippen molar-refractivity contribution in [1.29, 1.82) is 0 Å². The minimum absolute atomic E-state index is 0.781. The van der Waals surface area contributed by atoms with Gasteiger partial charge in [-0.25, -0.2) is 0 Å². The van der Waals surface area contributed by atoms with Gasteiger partial charge < -0.3 is 10.2 Å². The lowest BCUT2D eigenvalue weighted by Crippen LogP contribution is -2.08. The second-order valence-corrected chi connectivity index (χ2v) is 4.89. The van der Waals surface area contributed by atoms with E-state index in [0.29, 0.717) is 0 Å². The molecule has 0 amide bonds. The topological polar surface area (TPSA) is 15.3 Å². The molecule has 0 aliphatic heterocycles. The van der Waals surface area contributed by atoms with Crippen LogP contribution in [0.1, 0.15) is 5.56 Å². The maximum absolute atomic E-state index is 6.11. The highest BCUT2D eigenvalue weighted by Crippen LogP contribution is 2.27. The first-order valence-corrected chi connectivity index (χ1v) is 6.25. The third-order valence-electron chi connectivity index (χ3n) is 2.91. The first-order valence-electron chi connectivity index (χ1n) is 5.87. The van der Waals surface area contributed by atoms with Crippen LogP contribution in [0.3, 0.4) is 0 Å². The van der Waals surface area contributed by atoms with Gasteiger partial charge in [0.1, 0.15) is 0 Å². The van der Waals surface area contributed by atoms with Gasteiger partial charge in [-0.2, -0.15) is 0 Å². The molecule has 0 spiro atoms. The van der Waals surface area contributed by atoms with Gasteiger partial charge >= 0.3 is 0 Å². The highest BCUT2D eigenvalue weighted by molar-refractivity contribution is 6.31. The lowest BCUT2D eigenvalue weighted by atomic mass is 10.2. The molecule has 2 nitrogen and oxygen atoms in total. The summed E-state index contributed by atoms with van der Waals surface area (Å²) in [4.78, 5) is 2.08. The Labute approximate surface area is 113 Å². The summed E-state index contributed by atoms with van der Waals surface area (Å²) >= 11 is 6.11.